The summed E-state index contributed by atoms with van der Waals surface area (Å²) in [5.74, 6) is 0.712. The van der Waals surface area contributed by atoms with Crippen molar-refractivity contribution in [2.24, 2.45) is 0 Å². The summed E-state index contributed by atoms with van der Waals surface area (Å²) in [6.45, 7) is 0. The van der Waals surface area contributed by atoms with Crippen LogP contribution in [0, 0.1) is 0 Å². The van der Waals surface area contributed by atoms with Crippen LogP contribution in [0.2, 0.25) is 0 Å². The monoisotopic (exact) mass is 588 g/mol. The van der Waals surface area contributed by atoms with Gasteiger partial charge in [-0.2, -0.15) is 0 Å². The fourth-order valence-corrected chi connectivity index (χ4v) is 6.62. The molecular weight excluding hydrogens is 560 g/mol. The summed E-state index contributed by atoms with van der Waals surface area (Å²) in [6, 6.07) is 53.6. The summed E-state index contributed by atoms with van der Waals surface area (Å²) < 4.78 is 4.71. The molecule has 0 radical (unpaired) electrons. The van der Waals surface area contributed by atoms with Crippen LogP contribution in [0.5, 0.6) is 0 Å². The van der Waals surface area contributed by atoms with E-state index in [4.69, 9.17) is 9.97 Å². The molecule has 4 nitrogen and oxygen atoms in total. The molecule has 46 heavy (non-hydrogen) atoms. The van der Waals surface area contributed by atoms with E-state index in [1.165, 1.54) is 43.8 Å². The third-order valence-electron chi connectivity index (χ3n) is 8.88. The maximum atomic E-state index is 4.70. The van der Waals surface area contributed by atoms with E-state index < -0.39 is 0 Å². The summed E-state index contributed by atoms with van der Waals surface area (Å²) >= 11 is 0. The molecule has 0 amide bonds. The first-order valence-electron chi connectivity index (χ1n) is 15.5. The number of para-hydroxylation sites is 1. The predicted molar refractivity (Wildman–Crippen MR) is 190 cm³/mol. The smallest absolute Gasteiger partial charge is 0.159 e. The lowest BCUT2D eigenvalue weighted by atomic mass is 10.1. The normalized spacial score (nSPS) is 11.5. The van der Waals surface area contributed by atoms with Crippen LogP contribution in [-0.2, 0) is 0 Å². The maximum Gasteiger partial charge on any atom is 0.159 e. The van der Waals surface area contributed by atoms with Gasteiger partial charge in [0.15, 0.2) is 5.82 Å². The Morgan fingerprint density at radius 3 is 1.70 bits per heavy atom. The molecule has 216 valence electrons. The average Bonchev–Trinajstić information content (AvgIpc) is 3.72. The zero-order valence-electron chi connectivity index (χ0n) is 25.0. The summed E-state index contributed by atoms with van der Waals surface area (Å²) in [5, 5.41) is 3.66. The minimum absolute atomic E-state index is 0.712. The van der Waals surface area contributed by atoms with Crippen LogP contribution in [0.1, 0.15) is 0 Å². The Kier molecular flexibility index (Phi) is 6.10. The molecule has 3 aromatic heterocycles. The van der Waals surface area contributed by atoms with Crippen LogP contribution >= 0.6 is 0 Å². The van der Waals surface area contributed by atoms with Crippen molar-refractivity contribution >= 4 is 32.7 Å². The van der Waals surface area contributed by atoms with E-state index >= 15 is 0 Å². The molecule has 4 heteroatoms. The predicted octanol–water partition coefficient (Wildman–Crippen LogP) is 10.5. The quantitative estimate of drug-likeness (QED) is 0.200. The van der Waals surface area contributed by atoms with E-state index in [9.17, 15) is 0 Å². The van der Waals surface area contributed by atoms with Crippen LogP contribution in [0.25, 0.3) is 77.7 Å². The van der Waals surface area contributed by atoms with Gasteiger partial charge >= 0.3 is 0 Å². The van der Waals surface area contributed by atoms with Gasteiger partial charge in [-0.05, 0) is 65.2 Å². The summed E-state index contributed by atoms with van der Waals surface area (Å²) in [4.78, 5) is 9.40. The Morgan fingerprint density at radius 1 is 0.391 bits per heavy atom. The molecule has 0 saturated heterocycles. The maximum absolute atomic E-state index is 4.70. The fourth-order valence-electron chi connectivity index (χ4n) is 6.62. The molecular formula is C42H28N4. The van der Waals surface area contributed by atoms with E-state index in [1.54, 1.807) is 0 Å². The van der Waals surface area contributed by atoms with Crippen LogP contribution < -0.4 is 0 Å². The Morgan fingerprint density at radius 2 is 0.978 bits per heavy atom. The number of hydrogen-bond donors (Lipinski definition) is 0. The zero-order chi connectivity index (χ0) is 30.5. The van der Waals surface area contributed by atoms with Crippen molar-refractivity contribution in [3.8, 4) is 45.0 Å². The van der Waals surface area contributed by atoms with Crippen LogP contribution in [0.15, 0.2) is 170 Å². The van der Waals surface area contributed by atoms with Gasteiger partial charge in [-0.1, -0.05) is 103 Å². The second-order valence-electron chi connectivity index (χ2n) is 11.6. The summed E-state index contributed by atoms with van der Waals surface area (Å²) in [7, 11) is 0. The second-order valence-corrected chi connectivity index (χ2v) is 11.6. The number of fused-ring (bicyclic) bond motifs is 5. The fraction of sp³-hybridized carbons (Fsp3) is 0. The van der Waals surface area contributed by atoms with Gasteiger partial charge in [0.05, 0.1) is 16.6 Å². The lowest BCUT2D eigenvalue weighted by Crippen LogP contribution is -1.98. The van der Waals surface area contributed by atoms with E-state index in [0.29, 0.717) is 5.82 Å². The number of hydrogen-bond acceptors (Lipinski definition) is 2. The van der Waals surface area contributed by atoms with E-state index in [2.05, 4.69) is 149 Å². The first-order valence-corrected chi connectivity index (χ1v) is 15.5. The van der Waals surface area contributed by atoms with Gasteiger partial charge in [0, 0.05) is 57.3 Å². The van der Waals surface area contributed by atoms with E-state index in [-0.39, 0.29) is 0 Å². The zero-order valence-corrected chi connectivity index (χ0v) is 25.0. The topological polar surface area (TPSA) is 35.6 Å². The van der Waals surface area contributed by atoms with Gasteiger partial charge in [-0.25, -0.2) is 9.97 Å². The molecule has 0 aliphatic rings. The molecule has 9 aromatic rings. The van der Waals surface area contributed by atoms with Crippen molar-refractivity contribution in [1.29, 1.82) is 0 Å². The number of nitrogens with zero attached hydrogens (tertiary/aromatic N) is 4. The third kappa shape index (κ3) is 4.31. The average molecular weight is 589 g/mol. The van der Waals surface area contributed by atoms with Crippen LogP contribution in [0.3, 0.4) is 0 Å². The van der Waals surface area contributed by atoms with Gasteiger partial charge in [0.2, 0.25) is 0 Å². The standard InChI is InChI=1S/C42H28N4/c1-3-9-29(10-4-1)31-15-20-35(21-16-31)45-26-25-32-19-24-38-37-13-7-8-14-39(37)46(41(38)40(32)45)36-22-17-33(18-23-36)42-43-27-34(28-44-42)30-11-5-2-6-12-30/h1-28H. The second kappa shape index (κ2) is 10.7. The van der Waals surface area contributed by atoms with Crippen molar-refractivity contribution in [2.45, 2.75) is 0 Å². The molecule has 0 atom stereocenters. The highest BCUT2D eigenvalue weighted by Crippen LogP contribution is 2.38. The third-order valence-corrected chi connectivity index (χ3v) is 8.88. The first kappa shape index (κ1) is 26.2. The Balaban J connectivity index is 1.17. The van der Waals surface area contributed by atoms with Crippen molar-refractivity contribution in [2.75, 3.05) is 0 Å². The molecule has 0 aliphatic heterocycles. The van der Waals surface area contributed by atoms with E-state index in [0.717, 1.165) is 28.1 Å². The molecule has 6 aromatic carbocycles. The molecule has 9 rings (SSSR count). The summed E-state index contributed by atoms with van der Waals surface area (Å²) in [5.41, 5.74) is 11.3. The largest absolute Gasteiger partial charge is 0.315 e. The lowest BCUT2D eigenvalue weighted by Gasteiger charge is -2.13. The lowest BCUT2D eigenvalue weighted by molar-refractivity contribution is 1.11. The summed E-state index contributed by atoms with van der Waals surface area (Å²) in [6.07, 6.45) is 5.98. The van der Waals surface area contributed by atoms with Gasteiger partial charge in [-0.15, -0.1) is 0 Å². The van der Waals surface area contributed by atoms with Crippen molar-refractivity contribution < 1.29 is 0 Å². The number of aromatic nitrogens is 4. The molecule has 3 heterocycles. The highest BCUT2D eigenvalue weighted by atomic mass is 15.0. The molecule has 0 unspecified atom stereocenters. The van der Waals surface area contributed by atoms with Crippen molar-refractivity contribution in [3.05, 3.63) is 170 Å². The minimum Gasteiger partial charge on any atom is -0.315 e. The minimum atomic E-state index is 0.712. The highest BCUT2D eigenvalue weighted by molar-refractivity contribution is 6.18. The highest BCUT2D eigenvalue weighted by Gasteiger charge is 2.18. The molecule has 0 fully saturated rings. The molecule has 0 bridgehead atoms. The van der Waals surface area contributed by atoms with Gasteiger partial charge in [-0.3, -0.25) is 0 Å². The van der Waals surface area contributed by atoms with Crippen molar-refractivity contribution in [1.82, 2.24) is 19.1 Å². The van der Waals surface area contributed by atoms with E-state index in [1.807, 2.05) is 30.6 Å². The molecule has 0 N–H and O–H groups in total. The van der Waals surface area contributed by atoms with Crippen LogP contribution in [-0.4, -0.2) is 19.1 Å². The molecule has 0 aliphatic carbocycles. The molecule has 0 spiro atoms. The van der Waals surface area contributed by atoms with Crippen LogP contribution in [0.4, 0.5) is 0 Å². The van der Waals surface area contributed by atoms with Gasteiger partial charge in [0.1, 0.15) is 0 Å². The SMILES string of the molecule is c1ccc(-c2ccc(-n3ccc4ccc5c6ccccc6n(-c6ccc(-c7ncc(-c8ccccc8)cn7)cc6)c5c43)cc2)cc1. The first-order chi connectivity index (χ1) is 22.8. The van der Waals surface area contributed by atoms with Gasteiger partial charge < -0.3 is 9.13 Å². The number of benzene rings is 6. The van der Waals surface area contributed by atoms with Gasteiger partial charge in [0.25, 0.3) is 0 Å². The van der Waals surface area contributed by atoms with Crippen molar-refractivity contribution in [3.63, 3.8) is 0 Å². The Labute approximate surface area is 266 Å². The molecule has 0 saturated carbocycles. The number of rotatable bonds is 5. The Hall–Kier alpha value is -6.26. The Bertz CT molecular complexity index is 2470.